The molecule has 0 spiro atoms. The predicted octanol–water partition coefficient (Wildman–Crippen LogP) is 4.24. The highest BCUT2D eigenvalue weighted by molar-refractivity contribution is 6.04. The summed E-state index contributed by atoms with van der Waals surface area (Å²) in [5, 5.41) is 11.7. The molecule has 1 N–H and O–H groups in total. The molecule has 2 aromatic carbocycles. The van der Waals surface area contributed by atoms with Crippen LogP contribution < -0.4 is 10.1 Å². The van der Waals surface area contributed by atoms with E-state index in [9.17, 15) is 9.59 Å². The number of esters is 1. The van der Waals surface area contributed by atoms with E-state index in [1.54, 1.807) is 49.6 Å². The summed E-state index contributed by atoms with van der Waals surface area (Å²) in [5.74, 6) is -0.0704. The van der Waals surface area contributed by atoms with Crippen LogP contribution in [0, 0.1) is 17.2 Å². The first-order chi connectivity index (χ1) is 15.0. The molecule has 0 bridgehead atoms. The van der Waals surface area contributed by atoms with Crippen LogP contribution in [0.1, 0.15) is 53.8 Å². The van der Waals surface area contributed by atoms with Crippen LogP contribution in [0.25, 0.3) is 0 Å². The van der Waals surface area contributed by atoms with Crippen LogP contribution in [0.2, 0.25) is 0 Å². The molecule has 0 radical (unpaired) electrons. The third-order valence-corrected chi connectivity index (χ3v) is 5.18. The Morgan fingerprint density at radius 2 is 2.00 bits per heavy atom. The molecular formula is C24H26N2O5. The number of hydrogen-bond donors (Lipinski definition) is 1. The number of benzene rings is 2. The largest absolute Gasteiger partial charge is 0.493 e. The molecule has 31 heavy (non-hydrogen) atoms. The minimum Gasteiger partial charge on any atom is -0.493 e. The van der Waals surface area contributed by atoms with Gasteiger partial charge in [-0.3, -0.25) is 9.59 Å². The van der Waals surface area contributed by atoms with E-state index in [1.807, 2.05) is 13.0 Å². The number of methoxy groups -OCH3 is 1. The molecule has 7 nitrogen and oxygen atoms in total. The van der Waals surface area contributed by atoms with Gasteiger partial charge >= 0.3 is 5.97 Å². The van der Waals surface area contributed by atoms with E-state index in [0.717, 1.165) is 18.4 Å². The van der Waals surface area contributed by atoms with E-state index >= 15 is 0 Å². The second kappa shape index (κ2) is 10.6. The Morgan fingerprint density at radius 3 is 2.68 bits per heavy atom. The molecule has 0 aromatic heterocycles. The zero-order valence-corrected chi connectivity index (χ0v) is 17.7. The topological polar surface area (TPSA) is 97.6 Å². The Morgan fingerprint density at radius 1 is 1.23 bits per heavy atom. The SMILES string of the molecule is CCCCOC(=O)CC1COc2ccc(NC(=O)c3ccc(C#N)cc3)cc2C1OC. The van der Waals surface area contributed by atoms with E-state index in [1.165, 1.54) is 0 Å². The first kappa shape index (κ1) is 22.3. The number of carbonyl (C=O) groups is 2. The number of hydrogen-bond acceptors (Lipinski definition) is 6. The van der Waals surface area contributed by atoms with Gasteiger partial charge in [0.25, 0.3) is 5.91 Å². The number of nitriles is 1. The lowest BCUT2D eigenvalue weighted by Crippen LogP contribution is -2.30. The van der Waals surface area contributed by atoms with Gasteiger partial charge in [0.05, 0.1) is 37.4 Å². The minimum absolute atomic E-state index is 0.184. The molecular weight excluding hydrogens is 396 g/mol. The highest BCUT2D eigenvalue weighted by Crippen LogP contribution is 2.40. The summed E-state index contributed by atoms with van der Waals surface area (Å²) >= 11 is 0. The van der Waals surface area contributed by atoms with Crippen molar-refractivity contribution in [2.75, 3.05) is 25.6 Å². The van der Waals surface area contributed by atoms with Crippen LogP contribution in [0.5, 0.6) is 5.75 Å². The van der Waals surface area contributed by atoms with Gasteiger partial charge in [-0.25, -0.2) is 0 Å². The smallest absolute Gasteiger partial charge is 0.306 e. The molecule has 7 heteroatoms. The Kier molecular flexibility index (Phi) is 7.63. The second-order valence-electron chi connectivity index (χ2n) is 7.40. The average molecular weight is 422 g/mol. The molecule has 2 aromatic rings. The number of rotatable bonds is 8. The van der Waals surface area contributed by atoms with Crippen molar-refractivity contribution in [2.45, 2.75) is 32.3 Å². The number of fused-ring (bicyclic) bond motifs is 1. The van der Waals surface area contributed by atoms with E-state index in [0.29, 0.717) is 35.8 Å². The van der Waals surface area contributed by atoms with Crippen molar-refractivity contribution in [3.05, 3.63) is 59.2 Å². The van der Waals surface area contributed by atoms with Gasteiger partial charge < -0.3 is 19.5 Å². The molecule has 162 valence electrons. The lowest BCUT2D eigenvalue weighted by molar-refractivity contribution is -0.147. The summed E-state index contributed by atoms with van der Waals surface area (Å²) in [7, 11) is 1.59. The number of carbonyl (C=O) groups excluding carboxylic acids is 2. The maximum atomic E-state index is 12.6. The second-order valence-corrected chi connectivity index (χ2v) is 7.40. The van der Waals surface area contributed by atoms with Gasteiger partial charge in [-0.1, -0.05) is 13.3 Å². The Bertz CT molecular complexity index is 965. The van der Waals surface area contributed by atoms with Crippen LogP contribution >= 0.6 is 0 Å². The standard InChI is InChI=1S/C24H26N2O5/c1-3-4-11-30-22(27)12-18-15-31-21-10-9-19(13-20(21)23(18)29-2)26-24(28)17-7-5-16(14-25)6-8-17/h5-10,13,18,23H,3-4,11-12,15H2,1-2H3,(H,26,28). The fourth-order valence-corrected chi connectivity index (χ4v) is 3.51. The number of nitrogens with zero attached hydrogens (tertiary/aromatic N) is 1. The normalized spacial score (nSPS) is 17.1. The summed E-state index contributed by atoms with van der Waals surface area (Å²) < 4.78 is 16.8. The zero-order chi connectivity index (χ0) is 22.2. The molecule has 1 aliphatic heterocycles. The van der Waals surface area contributed by atoms with Crippen LogP contribution in [-0.4, -0.2) is 32.2 Å². The summed E-state index contributed by atoms with van der Waals surface area (Å²) in [5.41, 5.74) is 2.30. The Balaban J connectivity index is 1.71. The average Bonchev–Trinajstić information content (AvgIpc) is 2.79. The van der Waals surface area contributed by atoms with E-state index < -0.39 is 0 Å². The fraction of sp³-hybridized carbons (Fsp3) is 0.375. The third kappa shape index (κ3) is 5.62. The van der Waals surface area contributed by atoms with Gasteiger partial charge in [0, 0.05) is 29.8 Å². The van der Waals surface area contributed by atoms with Crippen LogP contribution in [-0.2, 0) is 14.3 Å². The predicted molar refractivity (Wildman–Crippen MR) is 115 cm³/mol. The van der Waals surface area contributed by atoms with Crippen molar-refractivity contribution < 1.29 is 23.8 Å². The van der Waals surface area contributed by atoms with Gasteiger partial charge in [0.2, 0.25) is 0 Å². The summed E-state index contributed by atoms with van der Waals surface area (Å²) in [6.45, 7) is 2.81. The quantitative estimate of drug-likeness (QED) is 0.505. The molecule has 0 fully saturated rings. The molecule has 0 saturated carbocycles. The number of nitrogens with one attached hydrogen (secondary N) is 1. The first-order valence-electron chi connectivity index (χ1n) is 10.3. The van der Waals surface area contributed by atoms with Gasteiger partial charge in [-0.2, -0.15) is 5.26 Å². The molecule has 3 rings (SSSR count). The minimum atomic E-state index is -0.353. The zero-order valence-electron chi connectivity index (χ0n) is 17.7. The van der Waals surface area contributed by atoms with Crippen molar-refractivity contribution in [3.8, 4) is 11.8 Å². The fourth-order valence-electron chi connectivity index (χ4n) is 3.51. The number of unbranched alkanes of at least 4 members (excludes halogenated alkanes) is 1. The molecule has 0 aliphatic carbocycles. The van der Waals surface area contributed by atoms with Crippen molar-refractivity contribution >= 4 is 17.6 Å². The van der Waals surface area contributed by atoms with E-state index in [4.69, 9.17) is 19.5 Å². The Labute approximate surface area is 181 Å². The summed E-state index contributed by atoms with van der Waals surface area (Å²) in [6, 6.07) is 13.8. The summed E-state index contributed by atoms with van der Waals surface area (Å²) in [4.78, 5) is 24.7. The van der Waals surface area contributed by atoms with Gasteiger partial charge in [0.15, 0.2) is 0 Å². The maximum Gasteiger partial charge on any atom is 0.306 e. The maximum absolute atomic E-state index is 12.6. The van der Waals surface area contributed by atoms with Gasteiger partial charge in [-0.05, 0) is 48.9 Å². The van der Waals surface area contributed by atoms with Crippen LogP contribution in [0.15, 0.2) is 42.5 Å². The molecule has 1 aliphatic rings. The van der Waals surface area contributed by atoms with E-state index in [2.05, 4.69) is 5.32 Å². The van der Waals surface area contributed by atoms with Gasteiger partial charge in [0.1, 0.15) is 5.75 Å². The van der Waals surface area contributed by atoms with Crippen LogP contribution in [0.3, 0.4) is 0 Å². The highest BCUT2D eigenvalue weighted by atomic mass is 16.5. The lowest BCUT2D eigenvalue weighted by atomic mass is 9.90. The molecule has 1 amide bonds. The molecule has 1 heterocycles. The third-order valence-electron chi connectivity index (χ3n) is 5.18. The van der Waals surface area contributed by atoms with Crippen molar-refractivity contribution in [2.24, 2.45) is 5.92 Å². The number of ether oxygens (including phenoxy) is 3. The first-order valence-corrected chi connectivity index (χ1v) is 10.3. The van der Waals surface area contributed by atoms with E-state index in [-0.39, 0.29) is 30.3 Å². The monoisotopic (exact) mass is 422 g/mol. The Hall–Kier alpha value is -3.37. The van der Waals surface area contributed by atoms with Crippen molar-refractivity contribution in [3.63, 3.8) is 0 Å². The van der Waals surface area contributed by atoms with Crippen molar-refractivity contribution in [1.82, 2.24) is 0 Å². The summed E-state index contributed by atoms with van der Waals surface area (Å²) in [6.07, 6.45) is 1.65. The number of anilines is 1. The number of amides is 1. The lowest BCUT2D eigenvalue weighted by Gasteiger charge is -2.32. The molecule has 2 unspecified atom stereocenters. The molecule has 0 saturated heterocycles. The van der Waals surface area contributed by atoms with Crippen molar-refractivity contribution in [1.29, 1.82) is 5.26 Å². The van der Waals surface area contributed by atoms with Gasteiger partial charge in [-0.15, -0.1) is 0 Å². The highest BCUT2D eigenvalue weighted by Gasteiger charge is 2.33. The van der Waals surface area contributed by atoms with Crippen LogP contribution in [0.4, 0.5) is 5.69 Å². The molecule has 2 atom stereocenters.